The van der Waals surface area contributed by atoms with Gasteiger partial charge in [0.25, 0.3) is 0 Å². The van der Waals surface area contributed by atoms with Crippen molar-refractivity contribution in [3.05, 3.63) is 24.3 Å². The molecule has 1 saturated carbocycles. The molecule has 0 amide bonds. The van der Waals surface area contributed by atoms with E-state index < -0.39 is 9.84 Å². The van der Waals surface area contributed by atoms with Gasteiger partial charge < -0.3 is 5.32 Å². The van der Waals surface area contributed by atoms with E-state index in [0.717, 1.165) is 5.69 Å². The molecule has 1 N–H and O–H groups in total. The highest BCUT2D eigenvalue weighted by molar-refractivity contribution is 7.90. The van der Waals surface area contributed by atoms with Gasteiger partial charge >= 0.3 is 0 Å². The van der Waals surface area contributed by atoms with Crippen LogP contribution in [-0.2, 0) is 9.84 Å². The molecular formula is C10H13NO2S. The minimum absolute atomic E-state index is 0.374. The maximum Gasteiger partial charge on any atom is 0.175 e. The van der Waals surface area contributed by atoms with Crippen LogP contribution in [0.2, 0.25) is 0 Å². The van der Waals surface area contributed by atoms with Crippen molar-refractivity contribution in [1.29, 1.82) is 0 Å². The summed E-state index contributed by atoms with van der Waals surface area (Å²) in [5, 5.41) is 3.30. The van der Waals surface area contributed by atoms with Crippen molar-refractivity contribution in [3.63, 3.8) is 0 Å². The molecule has 0 spiro atoms. The van der Waals surface area contributed by atoms with Crippen molar-refractivity contribution in [2.45, 2.75) is 23.8 Å². The highest BCUT2D eigenvalue weighted by Crippen LogP contribution is 2.25. The zero-order valence-corrected chi connectivity index (χ0v) is 8.84. The third-order valence-corrected chi connectivity index (χ3v) is 3.36. The van der Waals surface area contributed by atoms with Gasteiger partial charge in [-0.3, -0.25) is 0 Å². The second-order valence-electron chi connectivity index (χ2n) is 3.72. The molecule has 3 nitrogen and oxygen atoms in total. The lowest BCUT2D eigenvalue weighted by Gasteiger charge is -2.04. The van der Waals surface area contributed by atoms with Crippen molar-refractivity contribution < 1.29 is 8.42 Å². The molecule has 76 valence electrons. The van der Waals surface area contributed by atoms with E-state index in [-0.39, 0.29) is 0 Å². The van der Waals surface area contributed by atoms with E-state index >= 15 is 0 Å². The van der Waals surface area contributed by atoms with E-state index in [0.29, 0.717) is 10.9 Å². The van der Waals surface area contributed by atoms with Gasteiger partial charge in [-0.2, -0.15) is 0 Å². The van der Waals surface area contributed by atoms with Crippen LogP contribution < -0.4 is 5.32 Å². The number of benzene rings is 1. The lowest BCUT2D eigenvalue weighted by Crippen LogP contribution is -2.01. The lowest BCUT2D eigenvalue weighted by atomic mass is 10.3. The molecule has 1 aromatic carbocycles. The summed E-state index contributed by atoms with van der Waals surface area (Å²) in [5.74, 6) is 0. The highest BCUT2D eigenvalue weighted by Gasteiger charge is 2.20. The van der Waals surface area contributed by atoms with E-state index in [1.165, 1.54) is 19.1 Å². The summed E-state index contributed by atoms with van der Waals surface area (Å²) in [6, 6.07) is 7.50. The van der Waals surface area contributed by atoms with Crippen molar-refractivity contribution in [1.82, 2.24) is 0 Å². The molecular weight excluding hydrogens is 198 g/mol. The molecule has 0 unspecified atom stereocenters. The largest absolute Gasteiger partial charge is 0.382 e. The highest BCUT2D eigenvalue weighted by atomic mass is 32.2. The van der Waals surface area contributed by atoms with Crippen LogP contribution in [0.3, 0.4) is 0 Å². The van der Waals surface area contributed by atoms with Gasteiger partial charge in [-0.15, -0.1) is 0 Å². The smallest absolute Gasteiger partial charge is 0.175 e. The number of nitrogens with one attached hydrogen (secondary N) is 1. The number of hydrogen-bond donors (Lipinski definition) is 1. The number of rotatable bonds is 3. The Morgan fingerprint density at radius 2 is 1.79 bits per heavy atom. The average Bonchev–Trinajstić information content (AvgIpc) is 2.88. The zero-order valence-electron chi connectivity index (χ0n) is 8.03. The second kappa shape index (κ2) is 3.28. The Hall–Kier alpha value is -1.03. The molecule has 0 saturated heterocycles. The van der Waals surface area contributed by atoms with Gasteiger partial charge in [-0.05, 0) is 37.1 Å². The van der Waals surface area contributed by atoms with Crippen LogP contribution in [0.15, 0.2) is 29.2 Å². The summed E-state index contributed by atoms with van der Waals surface area (Å²) in [7, 11) is -3.06. The first kappa shape index (κ1) is 9.52. The lowest BCUT2D eigenvalue weighted by molar-refractivity contribution is 0.602. The molecule has 0 bridgehead atoms. The molecule has 2 rings (SSSR count). The average molecular weight is 211 g/mol. The van der Waals surface area contributed by atoms with E-state index in [4.69, 9.17) is 0 Å². The molecule has 4 heteroatoms. The van der Waals surface area contributed by atoms with Gasteiger partial charge in [0.05, 0.1) is 4.90 Å². The maximum absolute atomic E-state index is 11.2. The number of hydrogen-bond acceptors (Lipinski definition) is 3. The Labute approximate surface area is 84.1 Å². The van der Waals surface area contributed by atoms with Gasteiger partial charge in [-0.25, -0.2) is 8.42 Å². The van der Waals surface area contributed by atoms with E-state index in [2.05, 4.69) is 5.32 Å². The van der Waals surface area contributed by atoms with Gasteiger partial charge in [0.2, 0.25) is 0 Å². The second-order valence-corrected chi connectivity index (χ2v) is 5.73. The molecule has 0 radical (unpaired) electrons. The standard InChI is InChI=1S/C10H13NO2S/c1-14(12,13)10-6-4-9(5-7-10)11-8-2-3-8/h4-8,11H,2-3H2,1H3. The van der Waals surface area contributed by atoms with Gasteiger partial charge in [0.1, 0.15) is 0 Å². The fourth-order valence-corrected chi connectivity index (χ4v) is 1.89. The maximum atomic E-state index is 11.2. The van der Waals surface area contributed by atoms with E-state index in [1.807, 2.05) is 12.1 Å². The van der Waals surface area contributed by atoms with E-state index in [9.17, 15) is 8.42 Å². The SMILES string of the molecule is CS(=O)(=O)c1ccc(NC2CC2)cc1. The predicted octanol–water partition coefficient (Wildman–Crippen LogP) is 1.66. The molecule has 1 aromatic rings. The van der Waals surface area contributed by atoms with Crippen LogP contribution in [0.4, 0.5) is 5.69 Å². The molecule has 0 atom stereocenters. The Balaban J connectivity index is 2.16. The van der Waals surface area contributed by atoms with Crippen LogP contribution in [0.25, 0.3) is 0 Å². The third-order valence-electron chi connectivity index (χ3n) is 2.23. The summed E-state index contributed by atoms with van der Waals surface area (Å²) in [5.41, 5.74) is 1.000. The summed E-state index contributed by atoms with van der Waals surface area (Å²) in [4.78, 5) is 0.374. The zero-order chi connectivity index (χ0) is 10.2. The number of anilines is 1. The predicted molar refractivity (Wildman–Crippen MR) is 56.2 cm³/mol. The van der Waals surface area contributed by atoms with Gasteiger partial charge in [0, 0.05) is 18.0 Å². The fraction of sp³-hybridized carbons (Fsp3) is 0.400. The molecule has 0 aliphatic heterocycles. The monoisotopic (exact) mass is 211 g/mol. The summed E-state index contributed by atoms with van der Waals surface area (Å²) >= 11 is 0. The Bertz CT molecular complexity index is 418. The molecule has 1 fully saturated rings. The molecule has 1 aliphatic carbocycles. The van der Waals surface area contributed by atoms with Crippen LogP contribution in [0, 0.1) is 0 Å². The van der Waals surface area contributed by atoms with Crippen LogP contribution in [0.5, 0.6) is 0 Å². The summed E-state index contributed by atoms with van der Waals surface area (Å²) in [6.07, 6.45) is 3.65. The molecule has 0 heterocycles. The first-order chi connectivity index (χ1) is 6.55. The van der Waals surface area contributed by atoms with Gasteiger partial charge in [-0.1, -0.05) is 0 Å². The van der Waals surface area contributed by atoms with Crippen LogP contribution in [0.1, 0.15) is 12.8 Å². The minimum Gasteiger partial charge on any atom is -0.382 e. The third kappa shape index (κ3) is 2.26. The fourth-order valence-electron chi connectivity index (χ4n) is 1.26. The molecule has 0 aromatic heterocycles. The quantitative estimate of drug-likeness (QED) is 0.827. The van der Waals surface area contributed by atoms with Crippen LogP contribution >= 0.6 is 0 Å². The Morgan fingerprint density at radius 3 is 2.21 bits per heavy atom. The first-order valence-electron chi connectivity index (χ1n) is 4.62. The van der Waals surface area contributed by atoms with Gasteiger partial charge in [0.15, 0.2) is 9.84 Å². The molecule has 1 aliphatic rings. The minimum atomic E-state index is -3.06. The first-order valence-corrected chi connectivity index (χ1v) is 6.51. The Kier molecular flexibility index (Phi) is 2.23. The number of sulfone groups is 1. The molecule has 14 heavy (non-hydrogen) atoms. The topological polar surface area (TPSA) is 46.2 Å². The van der Waals surface area contributed by atoms with Crippen molar-refractivity contribution in [3.8, 4) is 0 Å². The Morgan fingerprint density at radius 1 is 1.21 bits per heavy atom. The summed E-state index contributed by atoms with van der Waals surface area (Å²) < 4.78 is 22.3. The van der Waals surface area contributed by atoms with Crippen molar-refractivity contribution >= 4 is 15.5 Å². The summed E-state index contributed by atoms with van der Waals surface area (Å²) in [6.45, 7) is 0. The normalized spacial score (nSPS) is 16.6. The van der Waals surface area contributed by atoms with E-state index in [1.54, 1.807) is 12.1 Å². The van der Waals surface area contributed by atoms with Crippen molar-refractivity contribution in [2.75, 3.05) is 11.6 Å². The van der Waals surface area contributed by atoms with Crippen molar-refractivity contribution in [2.24, 2.45) is 0 Å². The van der Waals surface area contributed by atoms with Crippen LogP contribution in [-0.4, -0.2) is 20.7 Å².